The van der Waals surface area contributed by atoms with Crippen molar-refractivity contribution >= 4 is 28.1 Å². The van der Waals surface area contributed by atoms with Crippen molar-refractivity contribution in [1.29, 1.82) is 0 Å². The third kappa shape index (κ3) is 2.35. The highest BCUT2D eigenvalue weighted by Crippen LogP contribution is 2.38. The zero-order valence-corrected chi connectivity index (χ0v) is 14.9. The average molecular weight is 359 g/mol. The van der Waals surface area contributed by atoms with Crippen LogP contribution in [0.2, 0.25) is 0 Å². The third-order valence-electron chi connectivity index (χ3n) is 5.00. The van der Waals surface area contributed by atoms with Gasteiger partial charge in [0, 0.05) is 29.3 Å². The van der Waals surface area contributed by atoms with Crippen molar-refractivity contribution in [1.82, 2.24) is 14.9 Å². The SMILES string of the molecule is O=C(c1cccs1)N1CCc2c([nH]c3ccccc23)C1c1ccccn1. The topological polar surface area (TPSA) is 49.0 Å². The summed E-state index contributed by atoms with van der Waals surface area (Å²) >= 11 is 1.49. The van der Waals surface area contributed by atoms with Gasteiger partial charge >= 0.3 is 0 Å². The molecule has 1 atom stereocenters. The molecular weight excluding hydrogens is 342 g/mol. The molecule has 4 aromatic rings. The number of aromatic nitrogens is 2. The Balaban J connectivity index is 1.69. The van der Waals surface area contributed by atoms with Crippen molar-refractivity contribution in [3.63, 3.8) is 0 Å². The predicted molar refractivity (Wildman–Crippen MR) is 103 cm³/mol. The number of H-pyrrole nitrogens is 1. The quantitative estimate of drug-likeness (QED) is 0.576. The van der Waals surface area contributed by atoms with E-state index in [0.717, 1.165) is 28.2 Å². The number of rotatable bonds is 2. The number of para-hydroxylation sites is 1. The summed E-state index contributed by atoms with van der Waals surface area (Å²) in [5.74, 6) is 0.0694. The van der Waals surface area contributed by atoms with Crippen LogP contribution in [0.1, 0.15) is 32.7 Å². The molecule has 0 bridgehead atoms. The second-order valence-corrected chi connectivity index (χ2v) is 7.39. The minimum Gasteiger partial charge on any atom is -0.356 e. The maximum atomic E-state index is 13.2. The third-order valence-corrected chi connectivity index (χ3v) is 5.85. The van der Waals surface area contributed by atoms with E-state index in [-0.39, 0.29) is 11.9 Å². The van der Waals surface area contributed by atoms with Gasteiger partial charge in [0.05, 0.1) is 10.6 Å². The number of aromatic amines is 1. The predicted octanol–water partition coefficient (Wildman–Crippen LogP) is 4.41. The smallest absolute Gasteiger partial charge is 0.264 e. The molecule has 0 aliphatic carbocycles. The molecule has 1 N–H and O–H groups in total. The Morgan fingerprint density at radius 1 is 1.12 bits per heavy atom. The molecule has 128 valence electrons. The van der Waals surface area contributed by atoms with Gasteiger partial charge in [0.25, 0.3) is 5.91 Å². The second kappa shape index (κ2) is 6.11. The van der Waals surface area contributed by atoms with Crippen molar-refractivity contribution in [2.45, 2.75) is 12.5 Å². The van der Waals surface area contributed by atoms with Crippen LogP contribution in [0.3, 0.4) is 0 Å². The standard InChI is InChI=1S/C21H17N3OS/c25-21(18-9-5-13-26-18)24-12-10-15-14-6-1-2-7-16(14)23-19(15)20(24)17-8-3-4-11-22-17/h1-9,11,13,20,23H,10,12H2. The first kappa shape index (κ1) is 15.3. The molecule has 4 nitrogen and oxygen atoms in total. The highest BCUT2D eigenvalue weighted by molar-refractivity contribution is 7.12. The Hall–Kier alpha value is -2.92. The molecule has 1 aromatic carbocycles. The lowest BCUT2D eigenvalue weighted by Gasteiger charge is -2.35. The Morgan fingerprint density at radius 3 is 2.81 bits per heavy atom. The lowest BCUT2D eigenvalue weighted by atomic mass is 9.94. The first-order chi connectivity index (χ1) is 12.8. The van der Waals surface area contributed by atoms with Crippen LogP contribution in [0.5, 0.6) is 0 Å². The fraction of sp³-hybridized carbons (Fsp3) is 0.143. The van der Waals surface area contributed by atoms with Crippen LogP contribution in [0.25, 0.3) is 10.9 Å². The maximum absolute atomic E-state index is 13.2. The fourth-order valence-electron chi connectivity index (χ4n) is 3.85. The van der Waals surface area contributed by atoms with Gasteiger partial charge in [-0.2, -0.15) is 0 Å². The summed E-state index contributed by atoms with van der Waals surface area (Å²) in [6.07, 6.45) is 2.64. The molecule has 4 heterocycles. The van der Waals surface area contributed by atoms with E-state index in [0.29, 0.717) is 6.54 Å². The van der Waals surface area contributed by atoms with E-state index in [1.54, 1.807) is 6.20 Å². The van der Waals surface area contributed by atoms with E-state index >= 15 is 0 Å². The molecule has 0 saturated heterocycles. The van der Waals surface area contributed by atoms with Crippen molar-refractivity contribution in [3.05, 3.63) is 88.0 Å². The average Bonchev–Trinajstić information content (AvgIpc) is 3.35. The number of hydrogen-bond donors (Lipinski definition) is 1. The molecule has 0 fully saturated rings. The summed E-state index contributed by atoms with van der Waals surface area (Å²) in [4.78, 5) is 24.0. The number of nitrogens with zero attached hydrogens (tertiary/aromatic N) is 2. The van der Waals surface area contributed by atoms with E-state index in [1.165, 1.54) is 22.3 Å². The molecule has 5 rings (SSSR count). The number of pyridine rings is 1. The van der Waals surface area contributed by atoms with Gasteiger partial charge < -0.3 is 9.88 Å². The highest BCUT2D eigenvalue weighted by Gasteiger charge is 2.35. The van der Waals surface area contributed by atoms with Crippen molar-refractivity contribution < 1.29 is 4.79 Å². The number of thiophene rings is 1. The number of amides is 1. The molecule has 5 heteroatoms. The van der Waals surface area contributed by atoms with Crippen molar-refractivity contribution in [2.75, 3.05) is 6.54 Å². The van der Waals surface area contributed by atoms with Gasteiger partial charge in [0.1, 0.15) is 6.04 Å². The van der Waals surface area contributed by atoms with Gasteiger partial charge in [-0.3, -0.25) is 9.78 Å². The molecular formula is C21H17N3OS. The minimum atomic E-state index is -0.193. The summed E-state index contributed by atoms with van der Waals surface area (Å²) in [5.41, 5.74) is 4.39. The fourth-order valence-corrected chi connectivity index (χ4v) is 4.53. The first-order valence-electron chi connectivity index (χ1n) is 8.68. The summed E-state index contributed by atoms with van der Waals surface area (Å²) in [6.45, 7) is 0.687. The van der Waals surface area contributed by atoms with Crippen LogP contribution in [-0.4, -0.2) is 27.3 Å². The van der Waals surface area contributed by atoms with Gasteiger partial charge in [-0.05, 0) is 41.6 Å². The minimum absolute atomic E-state index is 0.0694. The molecule has 0 radical (unpaired) electrons. The Morgan fingerprint density at radius 2 is 2.00 bits per heavy atom. The van der Waals surface area contributed by atoms with Gasteiger partial charge in [0.15, 0.2) is 0 Å². The molecule has 1 aliphatic rings. The molecule has 0 saturated carbocycles. The van der Waals surface area contributed by atoms with Gasteiger partial charge in [-0.25, -0.2) is 0 Å². The van der Waals surface area contributed by atoms with E-state index in [1.807, 2.05) is 46.7 Å². The molecule has 3 aromatic heterocycles. The number of carbonyl (C=O) groups is 1. The van der Waals surface area contributed by atoms with Crippen molar-refractivity contribution in [3.8, 4) is 0 Å². The summed E-state index contributed by atoms with van der Waals surface area (Å²) in [7, 11) is 0. The first-order valence-corrected chi connectivity index (χ1v) is 9.56. The molecule has 1 amide bonds. The summed E-state index contributed by atoms with van der Waals surface area (Å²) in [6, 6.07) is 17.9. The second-order valence-electron chi connectivity index (χ2n) is 6.45. The number of hydrogen-bond acceptors (Lipinski definition) is 3. The van der Waals surface area contributed by atoms with Crippen LogP contribution in [0, 0.1) is 0 Å². The molecule has 26 heavy (non-hydrogen) atoms. The van der Waals surface area contributed by atoms with Crippen molar-refractivity contribution in [2.24, 2.45) is 0 Å². The van der Waals surface area contributed by atoms with E-state index in [4.69, 9.17) is 0 Å². The molecule has 0 spiro atoms. The lowest BCUT2D eigenvalue weighted by Crippen LogP contribution is -2.40. The van der Waals surface area contributed by atoms with Gasteiger partial charge in [-0.15, -0.1) is 11.3 Å². The normalized spacial score (nSPS) is 16.6. The largest absolute Gasteiger partial charge is 0.356 e. The van der Waals surface area contributed by atoms with E-state index in [2.05, 4.69) is 28.2 Å². The van der Waals surface area contributed by atoms with Crippen LogP contribution in [-0.2, 0) is 6.42 Å². The van der Waals surface area contributed by atoms with Gasteiger partial charge in [-0.1, -0.05) is 30.3 Å². The lowest BCUT2D eigenvalue weighted by molar-refractivity contribution is 0.0693. The van der Waals surface area contributed by atoms with Crippen LogP contribution in [0.4, 0.5) is 0 Å². The monoisotopic (exact) mass is 359 g/mol. The highest BCUT2D eigenvalue weighted by atomic mass is 32.1. The summed E-state index contributed by atoms with van der Waals surface area (Å²) < 4.78 is 0. The van der Waals surface area contributed by atoms with E-state index < -0.39 is 0 Å². The zero-order chi connectivity index (χ0) is 17.5. The Kier molecular flexibility index (Phi) is 3.60. The zero-order valence-electron chi connectivity index (χ0n) is 14.1. The molecule has 1 unspecified atom stereocenters. The number of benzene rings is 1. The Labute approximate surface area is 155 Å². The molecule has 1 aliphatic heterocycles. The maximum Gasteiger partial charge on any atom is 0.264 e. The van der Waals surface area contributed by atoms with Crippen LogP contribution >= 0.6 is 11.3 Å². The van der Waals surface area contributed by atoms with Crippen LogP contribution in [0.15, 0.2) is 66.2 Å². The number of fused-ring (bicyclic) bond motifs is 3. The number of nitrogens with one attached hydrogen (secondary N) is 1. The number of carbonyl (C=O) groups excluding carboxylic acids is 1. The summed E-state index contributed by atoms with van der Waals surface area (Å²) in [5, 5.41) is 3.19. The van der Waals surface area contributed by atoms with Gasteiger partial charge in [0.2, 0.25) is 0 Å². The van der Waals surface area contributed by atoms with E-state index in [9.17, 15) is 4.79 Å². The Bertz CT molecular complexity index is 1070. The van der Waals surface area contributed by atoms with Crippen LogP contribution < -0.4 is 0 Å².